The maximum atomic E-state index is 12.8. The summed E-state index contributed by atoms with van der Waals surface area (Å²) in [6.45, 7) is -0.211. The van der Waals surface area contributed by atoms with Crippen LogP contribution in [-0.4, -0.2) is 29.0 Å². The molecule has 0 bridgehead atoms. The number of hydrogen-bond acceptors (Lipinski definition) is 5. The lowest BCUT2D eigenvalue weighted by Gasteiger charge is -2.12. The summed E-state index contributed by atoms with van der Waals surface area (Å²) < 4.78 is 35.1. The van der Waals surface area contributed by atoms with Crippen LogP contribution >= 0.6 is 11.6 Å². The number of aromatic nitrogens is 2. The van der Waals surface area contributed by atoms with Gasteiger partial charge in [0.05, 0.1) is 6.61 Å². The minimum atomic E-state index is -3.71. The lowest BCUT2D eigenvalue weighted by atomic mass is 10.1. The predicted molar refractivity (Wildman–Crippen MR) is 66.3 cm³/mol. The van der Waals surface area contributed by atoms with Crippen molar-refractivity contribution in [1.29, 1.82) is 0 Å². The molecule has 0 aliphatic heterocycles. The number of rotatable bonds is 5. The molecule has 0 saturated carbocycles. The highest BCUT2D eigenvalue weighted by molar-refractivity contribution is 6.21. The molecule has 0 saturated heterocycles. The molecule has 2 rings (SSSR count). The van der Waals surface area contributed by atoms with Crippen LogP contribution in [0.4, 0.5) is 8.78 Å². The van der Waals surface area contributed by atoms with Gasteiger partial charge in [0.15, 0.2) is 0 Å². The van der Waals surface area contributed by atoms with Crippen molar-refractivity contribution in [3.05, 3.63) is 35.7 Å². The molecule has 1 atom stereocenters. The smallest absolute Gasteiger partial charge is 0.393 e. The van der Waals surface area contributed by atoms with Crippen molar-refractivity contribution < 1.29 is 23.1 Å². The molecular formula is C12H11ClF2N2O3. The third kappa shape index (κ3) is 3.12. The van der Waals surface area contributed by atoms with Gasteiger partial charge in [-0.2, -0.15) is 13.8 Å². The molecule has 0 fully saturated rings. The Morgan fingerprint density at radius 2 is 2.25 bits per heavy atom. The third-order valence-corrected chi connectivity index (χ3v) is 2.80. The molecule has 1 aromatic heterocycles. The van der Waals surface area contributed by atoms with Crippen LogP contribution in [0.25, 0.3) is 11.4 Å². The van der Waals surface area contributed by atoms with Gasteiger partial charge < -0.3 is 14.4 Å². The first-order valence-electron chi connectivity index (χ1n) is 5.60. The van der Waals surface area contributed by atoms with Gasteiger partial charge in [0.25, 0.3) is 0 Å². The summed E-state index contributed by atoms with van der Waals surface area (Å²) in [6.07, 6.45) is -0.518. The molecule has 0 aliphatic carbocycles. The maximum absolute atomic E-state index is 12.8. The van der Waals surface area contributed by atoms with Gasteiger partial charge in [-0.05, 0) is 23.2 Å². The van der Waals surface area contributed by atoms with Crippen LogP contribution in [0.15, 0.2) is 28.8 Å². The SMILES string of the molecule is COC(CO)c1cccc(-c2noc(C(F)(F)Cl)n2)c1. The second-order valence-corrected chi connectivity index (χ2v) is 4.43. The van der Waals surface area contributed by atoms with E-state index in [2.05, 4.69) is 14.7 Å². The summed E-state index contributed by atoms with van der Waals surface area (Å²) in [4.78, 5) is 3.54. The van der Waals surface area contributed by atoms with E-state index in [-0.39, 0.29) is 12.4 Å². The molecule has 8 heteroatoms. The van der Waals surface area contributed by atoms with Crippen LogP contribution in [0.5, 0.6) is 0 Å². The summed E-state index contributed by atoms with van der Waals surface area (Å²) >= 11 is 4.80. The van der Waals surface area contributed by atoms with Gasteiger partial charge in [-0.15, -0.1) is 0 Å². The van der Waals surface area contributed by atoms with E-state index in [0.29, 0.717) is 11.1 Å². The number of nitrogens with zero attached hydrogens (tertiary/aromatic N) is 2. The lowest BCUT2D eigenvalue weighted by Crippen LogP contribution is -2.06. The van der Waals surface area contributed by atoms with Crippen molar-refractivity contribution in [2.45, 2.75) is 11.5 Å². The van der Waals surface area contributed by atoms with Gasteiger partial charge in [0.1, 0.15) is 6.10 Å². The molecule has 1 N–H and O–H groups in total. The van der Waals surface area contributed by atoms with Crippen molar-refractivity contribution in [3.63, 3.8) is 0 Å². The molecule has 0 aliphatic rings. The molecule has 1 aromatic carbocycles. The summed E-state index contributed by atoms with van der Waals surface area (Å²) in [7, 11) is 1.45. The van der Waals surface area contributed by atoms with Crippen LogP contribution in [0.3, 0.4) is 0 Å². The Bertz CT molecular complexity index is 582. The van der Waals surface area contributed by atoms with E-state index in [1.54, 1.807) is 24.3 Å². The Labute approximate surface area is 118 Å². The van der Waals surface area contributed by atoms with Gasteiger partial charge in [-0.3, -0.25) is 0 Å². The zero-order valence-electron chi connectivity index (χ0n) is 10.4. The summed E-state index contributed by atoms with van der Waals surface area (Å²) in [5.41, 5.74) is 1.12. The molecule has 1 heterocycles. The van der Waals surface area contributed by atoms with Crippen LogP contribution in [0, 0.1) is 0 Å². The number of ether oxygens (including phenoxy) is 1. The van der Waals surface area contributed by atoms with Gasteiger partial charge in [-0.25, -0.2) is 0 Å². The first kappa shape index (κ1) is 14.8. The Morgan fingerprint density at radius 1 is 1.50 bits per heavy atom. The predicted octanol–water partition coefficient (Wildman–Crippen LogP) is 2.70. The topological polar surface area (TPSA) is 68.4 Å². The fourth-order valence-electron chi connectivity index (χ4n) is 1.65. The number of methoxy groups -OCH3 is 1. The highest BCUT2D eigenvalue weighted by atomic mass is 35.5. The third-order valence-electron chi connectivity index (χ3n) is 2.64. The molecule has 1 unspecified atom stereocenters. The maximum Gasteiger partial charge on any atom is 0.400 e. The van der Waals surface area contributed by atoms with Crippen LogP contribution < -0.4 is 0 Å². The first-order valence-corrected chi connectivity index (χ1v) is 5.98. The number of halogens is 3. The molecule has 0 amide bonds. The van der Waals surface area contributed by atoms with E-state index < -0.39 is 17.4 Å². The number of aliphatic hydroxyl groups is 1. The van der Waals surface area contributed by atoms with Crippen LogP contribution in [0.1, 0.15) is 17.6 Å². The zero-order chi connectivity index (χ0) is 14.8. The van der Waals surface area contributed by atoms with Gasteiger partial charge in [0.2, 0.25) is 5.82 Å². The highest BCUT2D eigenvalue weighted by Gasteiger charge is 2.35. The molecule has 20 heavy (non-hydrogen) atoms. The largest absolute Gasteiger partial charge is 0.400 e. The Balaban J connectivity index is 2.34. The highest BCUT2D eigenvalue weighted by Crippen LogP contribution is 2.32. The molecule has 5 nitrogen and oxygen atoms in total. The van der Waals surface area contributed by atoms with E-state index in [9.17, 15) is 8.78 Å². The average molecular weight is 305 g/mol. The van der Waals surface area contributed by atoms with Crippen molar-refractivity contribution in [1.82, 2.24) is 10.1 Å². The van der Waals surface area contributed by atoms with Crippen LogP contribution in [-0.2, 0) is 10.1 Å². The number of hydrogen-bond donors (Lipinski definition) is 1. The van der Waals surface area contributed by atoms with E-state index in [1.807, 2.05) is 0 Å². The number of alkyl halides is 3. The molecule has 2 aromatic rings. The van der Waals surface area contributed by atoms with E-state index >= 15 is 0 Å². The Hall–Kier alpha value is -1.57. The van der Waals surface area contributed by atoms with Gasteiger partial charge >= 0.3 is 11.3 Å². The number of aliphatic hydroxyl groups excluding tert-OH is 1. The number of benzene rings is 1. The summed E-state index contributed by atoms with van der Waals surface area (Å²) in [6, 6.07) is 6.63. The quantitative estimate of drug-likeness (QED) is 0.860. The van der Waals surface area contributed by atoms with Crippen molar-refractivity contribution >= 4 is 11.6 Å². The van der Waals surface area contributed by atoms with Crippen molar-refractivity contribution in [2.24, 2.45) is 0 Å². The van der Waals surface area contributed by atoms with Gasteiger partial charge in [0, 0.05) is 12.7 Å². The molecule has 108 valence electrons. The summed E-state index contributed by atoms with van der Waals surface area (Å²) in [5.74, 6) is -0.986. The fourth-order valence-corrected chi connectivity index (χ4v) is 1.73. The standard InChI is InChI=1S/C12H11ClF2N2O3/c1-19-9(6-18)7-3-2-4-8(5-7)10-16-11(20-17-10)12(13,14)15/h2-5,9,18H,6H2,1H3. The average Bonchev–Trinajstić information content (AvgIpc) is 2.90. The van der Waals surface area contributed by atoms with E-state index in [4.69, 9.17) is 21.4 Å². The Morgan fingerprint density at radius 3 is 2.80 bits per heavy atom. The van der Waals surface area contributed by atoms with Crippen LogP contribution in [0.2, 0.25) is 0 Å². The van der Waals surface area contributed by atoms with E-state index in [1.165, 1.54) is 7.11 Å². The van der Waals surface area contributed by atoms with E-state index in [0.717, 1.165) is 0 Å². The molecular weight excluding hydrogens is 294 g/mol. The van der Waals surface area contributed by atoms with Gasteiger partial charge in [-0.1, -0.05) is 23.4 Å². The van der Waals surface area contributed by atoms with Crippen molar-refractivity contribution in [2.75, 3.05) is 13.7 Å². The normalized spacial score (nSPS) is 13.4. The molecule has 0 spiro atoms. The minimum absolute atomic E-state index is 0.0185. The van der Waals surface area contributed by atoms with Crippen molar-refractivity contribution in [3.8, 4) is 11.4 Å². The monoisotopic (exact) mass is 304 g/mol. The Kier molecular flexibility index (Phi) is 4.32. The second kappa shape index (κ2) is 5.82. The zero-order valence-corrected chi connectivity index (χ0v) is 11.1. The summed E-state index contributed by atoms with van der Waals surface area (Å²) in [5, 5.41) is 8.91. The second-order valence-electron chi connectivity index (χ2n) is 3.95. The first-order chi connectivity index (χ1) is 9.45. The minimum Gasteiger partial charge on any atom is -0.393 e. The molecule has 0 radical (unpaired) electrons. The lowest BCUT2D eigenvalue weighted by molar-refractivity contribution is 0.0484. The fraction of sp³-hybridized carbons (Fsp3) is 0.333.